The molecule has 26 heavy (non-hydrogen) atoms. The maximum Gasteiger partial charge on any atom is 0.194 e. The second-order valence-corrected chi connectivity index (χ2v) is 6.82. The van der Waals surface area contributed by atoms with Gasteiger partial charge in [0.25, 0.3) is 0 Å². The Balaban J connectivity index is 0.00000338. The Morgan fingerprint density at radius 3 is 2.42 bits per heavy atom. The molecule has 5 nitrogen and oxygen atoms in total. The fraction of sp³-hybridized carbons (Fsp3) is 0.650. The van der Waals surface area contributed by atoms with Crippen LogP contribution in [0.2, 0.25) is 0 Å². The molecule has 6 heteroatoms. The Hall–Kier alpha value is -0.860. The van der Waals surface area contributed by atoms with Gasteiger partial charge in [-0.2, -0.15) is 0 Å². The summed E-state index contributed by atoms with van der Waals surface area (Å²) in [6.45, 7) is 9.59. The summed E-state index contributed by atoms with van der Waals surface area (Å²) in [7, 11) is 4.21. The SMILES string of the molecule is CCNC(=NCc1ccccc1CN(C)C)N1CCC(OCC)CC1.I. The summed E-state index contributed by atoms with van der Waals surface area (Å²) in [6.07, 6.45) is 2.57. The first-order valence-corrected chi connectivity index (χ1v) is 9.50. The fourth-order valence-corrected chi connectivity index (χ4v) is 3.26. The fourth-order valence-electron chi connectivity index (χ4n) is 3.26. The van der Waals surface area contributed by atoms with Crippen molar-refractivity contribution in [3.8, 4) is 0 Å². The molecule has 1 N–H and O–H groups in total. The van der Waals surface area contributed by atoms with E-state index in [1.807, 2.05) is 0 Å². The largest absolute Gasteiger partial charge is 0.378 e. The van der Waals surface area contributed by atoms with Gasteiger partial charge in [0, 0.05) is 32.8 Å². The highest BCUT2D eigenvalue weighted by atomic mass is 127. The van der Waals surface area contributed by atoms with Crippen molar-refractivity contribution in [3.63, 3.8) is 0 Å². The van der Waals surface area contributed by atoms with Crippen LogP contribution < -0.4 is 5.32 Å². The molecule has 1 heterocycles. The average molecular weight is 474 g/mol. The van der Waals surface area contributed by atoms with Gasteiger partial charge in [-0.1, -0.05) is 24.3 Å². The van der Waals surface area contributed by atoms with Gasteiger partial charge in [-0.3, -0.25) is 0 Å². The topological polar surface area (TPSA) is 40.1 Å². The van der Waals surface area contributed by atoms with E-state index in [0.717, 1.165) is 58.1 Å². The van der Waals surface area contributed by atoms with Crippen molar-refractivity contribution < 1.29 is 4.74 Å². The molecule has 1 aliphatic rings. The first-order valence-electron chi connectivity index (χ1n) is 9.50. The maximum atomic E-state index is 5.76. The molecule has 0 saturated carbocycles. The molecular formula is C20H35IN4O. The number of rotatable bonds is 7. The molecule has 0 radical (unpaired) electrons. The third kappa shape index (κ3) is 7.40. The number of piperidine rings is 1. The van der Waals surface area contributed by atoms with Crippen LogP contribution in [-0.4, -0.2) is 62.2 Å². The Morgan fingerprint density at radius 2 is 1.85 bits per heavy atom. The first-order chi connectivity index (χ1) is 12.1. The van der Waals surface area contributed by atoms with Gasteiger partial charge in [0.1, 0.15) is 0 Å². The lowest BCUT2D eigenvalue weighted by molar-refractivity contribution is 0.0263. The maximum absolute atomic E-state index is 5.76. The van der Waals surface area contributed by atoms with Gasteiger partial charge in [-0.15, -0.1) is 24.0 Å². The van der Waals surface area contributed by atoms with Gasteiger partial charge >= 0.3 is 0 Å². The van der Waals surface area contributed by atoms with Crippen LogP contribution in [0.15, 0.2) is 29.3 Å². The minimum absolute atomic E-state index is 0. The molecule has 0 amide bonds. The third-order valence-corrected chi connectivity index (χ3v) is 4.48. The minimum Gasteiger partial charge on any atom is -0.378 e. The smallest absolute Gasteiger partial charge is 0.194 e. The normalized spacial score (nSPS) is 15.9. The van der Waals surface area contributed by atoms with Crippen molar-refractivity contribution in [1.82, 2.24) is 15.1 Å². The van der Waals surface area contributed by atoms with E-state index in [2.05, 4.69) is 67.3 Å². The number of aliphatic imine (C=N–C) groups is 1. The van der Waals surface area contributed by atoms with Gasteiger partial charge in [-0.05, 0) is 51.9 Å². The molecule has 148 valence electrons. The number of hydrogen-bond acceptors (Lipinski definition) is 3. The van der Waals surface area contributed by atoms with Crippen LogP contribution >= 0.6 is 24.0 Å². The molecular weight excluding hydrogens is 439 g/mol. The number of ether oxygens (including phenoxy) is 1. The molecule has 0 bridgehead atoms. The molecule has 1 aliphatic heterocycles. The predicted molar refractivity (Wildman–Crippen MR) is 120 cm³/mol. The Morgan fingerprint density at radius 1 is 1.19 bits per heavy atom. The molecule has 0 atom stereocenters. The highest BCUT2D eigenvalue weighted by Gasteiger charge is 2.21. The molecule has 2 rings (SSSR count). The summed E-state index contributed by atoms with van der Waals surface area (Å²) in [5.74, 6) is 1.03. The molecule has 1 aromatic carbocycles. The van der Waals surface area contributed by atoms with Crippen molar-refractivity contribution in [2.75, 3.05) is 40.3 Å². The minimum atomic E-state index is 0. The van der Waals surface area contributed by atoms with Crippen LogP contribution in [0.25, 0.3) is 0 Å². The van der Waals surface area contributed by atoms with E-state index in [9.17, 15) is 0 Å². The lowest BCUT2D eigenvalue weighted by Gasteiger charge is -2.34. The van der Waals surface area contributed by atoms with E-state index < -0.39 is 0 Å². The van der Waals surface area contributed by atoms with Gasteiger partial charge in [0.15, 0.2) is 5.96 Å². The quantitative estimate of drug-likeness (QED) is 0.374. The molecule has 0 aliphatic carbocycles. The zero-order valence-electron chi connectivity index (χ0n) is 16.7. The standard InChI is InChI=1S/C20H34N4O.HI/c1-5-21-20(24-13-11-19(12-14-24)25-6-2)22-15-17-9-7-8-10-18(17)16-23(3)4;/h7-10,19H,5-6,11-16H2,1-4H3,(H,21,22);1H. The van der Waals surface area contributed by atoms with Crippen LogP contribution in [0, 0.1) is 0 Å². The number of benzene rings is 1. The van der Waals surface area contributed by atoms with Crippen molar-refractivity contribution in [3.05, 3.63) is 35.4 Å². The van der Waals surface area contributed by atoms with Crippen LogP contribution in [0.3, 0.4) is 0 Å². The lowest BCUT2D eigenvalue weighted by Crippen LogP contribution is -2.47. The molecule has 0 unspecified atom stereocenters. The molecule has 0 spiro atoms. The number of nitrogens with zero attached hydrogens (tertiary/aromatic N) is 3. The summed E-state index contributed by atoms with van der Waals surface area (Å²) in [6, 6.07) is 8.60. The summed E-state index contributed by atoms with van der Waals surface area (Å²) in [5, 5.41) is 3.45. The summed E-state index contributed by atoms with van der Waals surface area (Å²) >= 11 is 0. The van der Waals surface area contributed by atoms with Crippen molar-refractivity contribution in [1.29, 1.82) is 0 Å². The van der Waals surface area contributed by atoms with Gasteiger partial charge < -0.3 is 19.9 Å². The Labute approximate surface area is 176 Å². The molecule has 1 saturated heterocycles. The number of guanidine groups is 1. The summed E-state index contributed by atoms with van der Waals surface area (Å²) in [5.41, 5.74) is 2.65. The highest BCUT2D eigenvalue weighted by Crippen LogP contribution is 2.15. The van der Waals surface area contributed by atoms with Gasteiger partial charge in [0.05, 0.1) is 12.6 Å². The van der Waals surface area contributed by atoms with Crippen LogP contribution in [-0.2, 0) is 17.8 Å². The van der Waals surface area contributed by atoms with E-state index >= 15 is 0 Å². The Kier molecular flexibility index (Phi) is 11.2. The lowest BCUT2D eigenvalue weighted by atomic mass is 10.1. The third-order valence-electron chi connectivity index (χ3n) is 4.48. The van der Waals surface area contributed by atoms with Gasteiger partial charge in [0.2, 0.25) is 0 Å². The summed E-state index contributed by atoms with van der Waals surface area (Å²) in [4.78, 5) is 9.49. The predicted octanol–water partition coefficient (Wildman–Crippen LogP) is 3.33. The van der Waals surface area contributed by atoms with Crippen LogP contribution in [0.5, 0.6) is 0 Å². The van der Waals surface area contributed by atoms with Crippen LogP contribution in [0.4, 0.5) is 0 Å². The second kappa shape index (κ2) is 12.5. The molecule has 0 aromatic heterocycles. The van der Waals surface area contributed by atoms with E-state index in [0.29, 0.717) is 6.10 Å². The van der Waals surface area contributed by atoms with E-state index in [-0.39, 0.29) is 24.0 Å². The van der Waals surface area contributed by atoms with E-state index in [1.165, 1.54) is 11.1 Å². The van der Waals surface area contributed by atoms with Gasteiger partial charge in [-0.25, -0.2) is 4.99 Å². The van der Waals surface area contributed by atoms with Crippen molar-refractivity contribution in [2.24, 2.45) is 4.99 Å². The van der Waals surface area contributed by atoms with E-state index in [4.69, 9.17) is 9.73 Å². The second-order valence-electron chi connectivity index (χ2n) is 6.82. The number of nitrogens with one attached hydrogen (secondary N) is 1. The Bertz CT molecular complexity index is 542. The highest BCUT2D eigenvalue weighted by molar-refractivity contribution is 14.0. The zero-order chi connectivity index (χ0) is 18.1. The van der Waals surface area contributed by atoms with E-state index in [1.54, 1.807) is 0 Å². The van der Waals surface area contributed by atoms with Crippen LogP contribution in [0.1, 0.15) is 37.8 Å². The van der Waals surface area contributed by atoms with Crippen molar-refractivity contribution in [2.45, 2.75) is 45.9 Å². The molecule has 1 aromatic rings. The van der Waals surface area contributed by atoms with Crippen molar-refractivity contribution >= 4 is 29.9 Å². The summed E-state index contributed by atoms with van der Waals surface area (Å²) < 4.78 is 5.76. The number of likely N-dealkylation sites (tertiary alicyclic amines) is 1. The monoisotopic (exact) mass is 474 g/mol. The first kappa shape index (κ1) is 23.2. The molecule has 1 fully saturated rings. The zero-order valence-corrected chi connectivity index (χ0v) is 19.0. The average Bonchev–Trinajstić information content (AvgIpc) is 2.60. The number of hydrogen-bond donors (Lipinski definition) is 1. The number of halogens is 1.